The van der Waals surface area contributed by atoms with Gasteiger partial charge >= 0.3 is 0 Å². The number of aliphatic hydroxyl groups is 2. The predicted molar refractivity (Wildman–Crippen MR) is 204 cm³/mol. The number of unbranched alkanes of at least 4 members (excludes halogenated alkanes) is 3. The van der Waals surface area contributed by atoms with Crippen molar-refractivity contribution in [1.29, 1.82) is 0 Å². The predicted octanol–water partition coefficient (Wildman–Crippen LogP) is 7.29. The van der Waals surface area contributed by atoms with Crippen LogP contribution in [-0.2, 0) is 32.2 Å². The molecule has 0 aromatic heterocycles. The number of nitrogens with one attached hydrogen (secondary N) is 2. The van der Waals surface area contributed by atoms with E-state index in [1.165, 1.54) is 0 Å². The molecule has 270 valence electrons. The number of ether oxygens (including phenoxy) is 2. The highest BCUT2D eigenvalue weighted by Gasteiger charge is 2.32. The number of hydrogen-bond acceptors (Lipinski definition) is 8. The van der Waals surface area contributed by atoms with Crippen LogP contribution in [0.1, 0.15) is 79.6 Å². The Balaban J connectivity index is 1.10. The molecule has 1 fully saturated rings. The summed E-state index contributed by atoms with van der Waals surface area (Å²) in [6, 6.07) is 31.4. The fourth-order valence-corrected chi connectivity index (χ4v) is 6.84. The van der Waals surface area contributed by atoms with E-state index in [9.17, 15) is 19.8 Å². The van der Waals surface area contributed by atoms with E-state index in [0.29, 0.717) is 42.9 Å². The SMILES string of the molecule is Nc1ccccc1NC(=O)CCCCCCC(=O)NCc1cccc(-c2cccc([C@H]3O[C@@H](CSCCO)C[C@@H](c4ccc(CO)cc4)O3)c2)c1. The molecule has 0 bridgehead atoms. The smallest absolute Gasteiger partial charge is 0.224 e. The summed E-state index contributed by atoms with van der Waals surface area (Å²) in [5, 5.41) is 24.7. The van der Waals surface area contributed by atoms with Crippen molar-refractivity contribution in [3.63, 3.8) is 0 Å². The summed E-state index contributed by atoms with van der Waals surface area (Å²) >= 11 is 1.67. The number of rotatable bonds is 18. The number of anilines is 2. The van der Waals surface area contributed by atoms with Crippen LogP contribution in [0, 0.1) is 0 Å². The van der Waals surface area contributed by atoms with Crippen LogP contribution in [0.25, 0.3) is 11.1 Å². The van der Waals surface area contributed by atoms with Gasteiger partial charge in [-0.1, -0.05) is 85.6 Å². The van der Waals surface area contributed by atoms with Gasteiger partial charge in [0.15, 0.2) is 6.29 Å². The van der Waals surface area contributed by atoms with E-state index >= 15 is 0 Å². The first-order chi connectivity index (χ1) is 24.9. The molecule has 4 aromatic rings. The zero-order valence-corrected chi connectivity index (χ0v) is 29.8. The van der Waals surface area contributed by atoms with Crippen LogP contribution in [0.2, 0.25) is 0 Å². The maximum Gasteiger partial charge on any atom is 0.224 e. The average Bonchev–Trinajstić information content (AvgIpc) is 3.16. The number of carbonyl (C=O) groups is 2. The van der Waals surface area contributed by atoms with Crippen molar-refractivity contribution >= 4 is 35.0 Å². The maximum atomic E-state index is 12.6. The molecular formula is C41H49N3O6S. The first kappa shape index (κ1) is 38.1. The van der Waals surface area contributed by atoms with Crippen LogP contribution >= 0.6 is 11.8 Å². The molecule has 3 atom stereocenters. The van der Waals surface area contributed by atoms with Gasteiger partial charge in [0.2, 0.25) is 11.8 Å². The molecule has 10 heteroatoms. The van der Waals surface area contributed by atoms with Gasteiger partial charge in [0.25, 0.3) is 0 Å². The molecule has 51 heavy (non-hydrogen) atoms. The van der Waals surface area contributed by atoms with E-state index in [1.54, 1.807) is 23.9 Å². The third-order valence-electron chi connectivity index (χ3n) is 8.86. The molecule has 0 saturated carbocycles. The van der Waals surface area contributed by atoms with E-state index < -0.39 is 6.29 Å². The lowest BCUT2D eigenvalue weighted by Gasteiger charge is -2.36. The summed E-state index contributed by atoms with van der Waals surface area (Å²) in [6.07, 6.45) is 4.08. The second-order valence-electron chi connectivity index (χ2n) is 12.8. The zero-order valence-electron chi connectivity index (χ0n) is 29.0. The lowest BCUT2D eigenvalue weighted by molar-refractivity contribution is -0.245. The molecule has 1 aliphatic rings. The number of para-hydroxylation sites is 2. The quantitative estimate of drug-likeness (QED) is 0.0535. The Labute approximate surface area is 305 Å². The van der Waals surface area contributed by atoms with Gasteiger partial charge < -0.3 is 36.1 Å². The van der Waals surface area contributed by atoms with E-state index in [-0.39, 0.29) is 37.2 Å². The van der Waals surface area contributed by atoms with Gasteiger partial charge in [0.05, 0.1) is 36.8 Å². The Morgan fingerprint density at radius 1 is 0.765 bits per heavy atom. The van der Waals surface area contributed by atoms with Crippen LogP contribution < -0.4 is 16.4 Å². The van der Waals surface area contributed by atoms with Gasteiger partial charge in [-0.05, 0) is 64.9 Å². The zero-order chi connectivity index (χ0) is 35.8. The molecule has 0 spiro atoms. The Morgan fingerprint density at radius 2 is 1.49 bits per heavy atom. The first-order valence-electron chi connectivity index (χ1n) is 17.7. The number of hydrogen-bond donors (Lipinski definition) is 5. The second kappa shape index (κ2) is 20.0. The minimum atomic E-state index is -0.561. The minimum absolute atomic E-state index is 0.00468. The van der Waals surface area contributed by atoms with Crippen molar-refractivity contribution in [2.24, 2.45) is 0 Å². The van der Waals surface area contributed by atoms with Crippen molar-refractivity contribution in [1.82, 2.24) is 5.32 Å². The third kappa shape index (κ3) is 11.9. The fourth-order valence-electron chi connectivity index (χ4n) is 6.07. The highest BCUT2D eigenvalue weighted by Crippen LogP contribution is 2.39. The first-order valence-corrected chi connectivity index (χ1v) is 18.9. The summed E-state index contributed by atoms with van der Waals surface area (Å²) in [6.45, 7) is 0.562. The van der Waals surface area contributed by atoms with Gasteiger partial charge in [-0.3, -0.25) is 9.59 Å². The molecule has 1 heterocycles. The van der Waals surface area contributed by atoms with Gasteiger partial charge in [-0.25, -0.2) is 0 Å². The molecule has 0 radical (unpaired) electrons. The molecule has 1 saturated heterocycles. The second-order valence-corrected chi connectivity index (χ2v) is 14.0. The Kier molecular flexibility index (Phi) is 14.9. The van der Waals surface area contributed by atoms with E-state index in [1.807, 2.05) is 60.7 Å². The number of nitrogen functional groups attached to an aromatic ring is 1. The van der Waals surface area contributed by atoms with E-state index in [0.717, 1.165) is 64.8 Å². The average molecular weight is 712 g/mol. The highest BCUT2D eigenvalue weighted by atomic mass is 32.2. The Morgan fingerprint density at radius 3 is 2.24 bits per heavy atom. The number of nitrogens with two attached hydrogens (primary N) is 1. The van der Waals surface area contributed by atoms with Crippen molar-refractivity contribution in [3.8, 4) is 11.1 Å². The Hall–Kier alpha value is -4.19. The van der Waals surface area contributed by atoms with Crippen LogP contribution in [-0.4, -0.2) is 46.2 Å². The molecule has 0 aliphatic carbocycles. The Bertz CT molecular complexity index is 1700. The van der Waals surface area contributed by atoms with E-state index in [2.05, 4.69) is 34.9 Å². The lowest BCUT2D eigenvalue weighted by Crippen LogP contribution is -2.31. The molecule has 2 amide bonds. The van der Waals surface area contributed by atoms with Crippen LogP contribution in [0.15, 0.2) is 97.1 Å². The number of amides is 2. The summed E-state index contributed by atoms with van der Waals surface area (Å²) in [4.78, 5) is 24.8. The van der Waals surface area contributed by atoms with Crippen molar-refractivity contribution < 1.29 is 29.3 Å². The van der Waals surface area contributed by atoms with Crippen LogP contribution in [0.4, 0.5) is 11.4 Å². The number of aliphatic hydroxyl groups excluding tert-OH is 2. The van der Waals surface area contributed by atoms with Crippen molar-refractivity contribution in [2.75, 3.05) is 29.2 Å². The molecule has 9 nitrogen and oxygen atoms in total. The van der Waals surface area contributed by atoms with Crippen molar-refractivity contribution in [2.45, 2.75) is 76.6 Å². The molecule has 1 aliphatic heterocycles. The molecule has 0 unspecified atom stereocenters. The molecule has 6 N–H and O–H groups in total. The fraction of sp³-hybridized carbons (Fsp3) is 0.366. The van der Waals surface area contributed by atoms with Crippen LogP contribution in [0.3, 0.4) is 0 Å². The number of carbonyl (C=O) groups excluding carboxylic acids is 2. The summed E-state index contributed by atoms with van der Waals surface area (Å²) in [7, 11) is 0. The highest BCUT2D eigenvalue weighted by molar-refractivity contribution is 7.99. The molecule has 5 rings (SSSR count). The van der Waals surface area contributed by atoms with Gasteiger partial charge in [0, 0.05) is 42.9 Å². The van der Waals surface area contributed by atoms with Crippen molar-refractivity contribution in [3.05, 3.63) is 119 Å². The summed E-state index contributed by atoms with van der Waals surface area (Å²) in [5.41, 5.74) is 13.0. The lowest BCUT2D eigenvalue weighted by atomic mass is 9.99. The van der Waals surface area contributed by atoms with Crippen LogP contribution in [0.5, 0.6) is 0 Å². The number of thioether (sulfide) groups is 1. The maximum absolute atomic E-state index is 12.6. The largest absolute Gasteiger partial charge is 0.397 e. The van der Waals surface area contributed by atoms with Gasteiger partial charge in [-0.2, -0.15) is 11.8 Å². The van der Waals surface area contributed by atoms with Gasteiger partial charge in [-0.15, -0.1) is 0 Å². The van der Waals surface area contributed by atoms with E-state index in [4.69, 9.17) is 15.2 Å². The molecule has 4 aromatic carbocycles. The summed E-state index contributed by atoms with van der Waals surface area (Å²) in [5.74, 6) is 1.37. The normalized spacial score (nSPS) is 17.2. The standard InChI is InChI=1S/C41H49N3O6S/c42-36-13-5-6-14-37(36)44-40(48)16-4-2-1-3-15-39(47)43-26-30-9-7-10-32(23-30)33-11-8-12-34(24-33)41-49-35(28-51-22-21-45)25-38(50-41)31-19-17-29(27-46)18-20-31/h5-14,17-20,23-24,35,38,41,45-46H,1-4,15-16,21-22,25-28,42H2,(H,43,47)(H,44,48)/t35-,38+,41+/m1/s1. The summed E-state index contributed by atoms with van der Waals surface area (Å²) < 4.78 is 13.0. The minimum Gasteiger partial charge on any atom is -0.397 e. The monoisotopic (exact) mass is 711 g/mol. The third-order valence-corrected chi connectivity index (χ3v) is 9.93. The topological polar surface area (TPSA) is 143 Å². The molecular weight excluding hydrogens is 663 g/mol. The number of benzene rings is 4. The van der Waals surface area contributed by atoms with Gasteiger partial charge in [0.1, 0.15) is 0 Å².